The van der Waals surface area contributed by atoms with Gasteiger partial charge in [0.2, 0.25) is 0 Å². The number of carbonyl (C=O) groups is 2. The van der Waals surface area contributed by atoms with Crippen molar-refractivity contribution in [3.8, 4) is 11.8 Å². The van der Waals surface area contributed by atoms with Crippen LogP contribution in [-0.4, -0.2) is 18.9 Å². The Morgan fingerprint density at radius 1 is 1.40 bits per heavy atom. The maximum atomic E-state index is 10.9. The SMILES string of the molecule is CCOC(=O)C#Cc1ccc(C=O)cc1. The molecule has 0 N–H and O–H groups in total. The molecule has 76 valence electrons. The van der Waals surface area contributed by atoms with Crippen LogP contribution in [0.1, 0.15) is 22.8 Å². The van der Waals surface area contributed by atoms with Crippen molar-refractivity contribution in [1.29, 1.82) is 0 Å². The fourth-order valence-corrected chi connectivity index (χ4v) is 0.935. The molecule has 0 radical (unpaired) electrons. The van der Waals surface area contributed by atoms with Crippen molar-refractivity contribution < 1.29 is 14.3 Å². The van der Waals surface area contributed by atoms with Crippen LogP contribution in [0.4, 0.5) is 0 Å². The number of hydrogen-bond acceptors (Lipinski definition) is 3. The monoisotopic (exact) mass is 202 g/mol. The van der Waals surface area contributed by atoms with Crippen LogP contribution >= 0.6 is 0 Å². The third kappa shape index (κ3) is 3.65. The van der Waals surface area contributed by atoms with Crippen LogP contribution < -0.4 is 0 Å². The van der Waals surface area contributed by atoms with Gasteiger partial charge < -0.3 is 4.74 Å². The molecule has 0 saturated heterocycles. The predicted octanol–water partition coefficient (Wildman–Crippen LogP) is 1.41. The highest BCUT2D eigenvalue weighted by molar-refractivity contribution is 5.89. The Morgan fingerprint density at radius 2 is 2.07 bits per heavy atom. The molecule has 0 aromatic heterocycles. The Hall–Kier alpha value is -2.08. The smallest absolute Gasteiger partial charge is 0.384 e. The van der Waals surface area contributed by atoms with Gasteiger partial charge in [0.05, 0.1) is 6.61 Å². The van der Waals surface area contributed by atoms with Crippen LogP contribution in [-0.2, 0) is 9.53 Å². The summed E-state index contributed by atoms with van der Waals surface area (Å²) in [6.07, 6.45) is 0.753. The van der Waals surface area contributed by atoms with E-state index in [1.165, 1.54) is 0 Å². The van der Waals surface area contributed by atoms with Gasteiger partial charge in [-0.1, -0.05) is 18.1 Å². The van der Waals surface area contributed by atoms with Gasteiger partial charge in [0.15, 0.2) is 0 Å². The second-order valence-electron chi connectivity index (χ2n) is 2.71. The summed E-state index contributed by atoms with van der Waals surface area (Å²) < 4.78 is 4.64. The first kappa shape index (κ1) is 11.0. The van der Waals surface area contributed by atoms with Crippen molar-refractivity contribution in [3.63, 3.8) is 0 Å². The minimum atomic E-state index is -0.544. The summed E-state index contributed by atoms with van der Waals surface area (Å²) in [5.41, 5.74) is 1.25. The third-order valence-electron chi connectivity index (χ3n) is 1.63. The largest absolute Gasteiger partial charge is 0.456 e. The van der Waals surface area contributed by atoms with Crippen molar-refractivity contribution in [2.75, 3.05) is 6.61 Å². The van der Waals surface area contributed by atoms with E-state index in [1.54, 1.807) is 31.2 Å². The highest BCUT2D eigenvalue weighted by Crippen LogP contribution is 2.00. The number of rotatable bonds is 2. The minimum Gasteiger partial charge on any atom is -0.456 e. The maximum Gasteiger partial charge on any atom is 0.384 e. The van der Waals surface area contributed by atoms with Gasteiger partial charge in [0.25, 0.3) is 0 Å². The van der Waals surface area contributed by atoms with Crippen LogP contribution in [0.25, 0.3) is 0 Å². The Balaban J connectivity index is 2.72. The molecule has 15 heavy (non-hydrogen) atoms. The van der Waals surface area contributed by atoms with E-state index in [1.807, 2.05) is 0 Å². The molecule has 1 rings (SSSR count). The first-order valence-corrected chi connectivity index (χ1v) is 4.50. The molecule has 0 bridgehead atoms. The second-order valence-corrected chi connectivity index (χ2v) is 2.71. The van der Waals surface area contributed by atoms with Crippen molar-refractivity contribution in [3.05, 3.63) is 35.4 Å². The summed E-state index contributed by atoms with van der Waals surface area (Å²) in [6, 6.07) is 6.64. The summed E-state index contributed by atoms with van der Waals surface area (Å²) in [5.74, 6) is 4.43. The van der Waals surface area contributed by atoms with E-state index in [0.717, 1.165) is 6.29 Å². The molecule has 0 aliphatic heterocycles. The van der Waals surface area contributed by atoms with Gasteiger partial charge in [-0.25, -0.2) is 4.79 Å². The van der Waals surface area contributed by atoms with Crippen LogP contribution in [0.5, 0.6) is 0 Å². The lowest BCUT2D eigenvalue weighted by Crippen LogP contribution is -1.99. The average Bonchev–Trinajstić information content (AvgIpc) is 2.27. The molecule has 0 saturated carbocycles. The fourth-order valence-electron chi connectivity index (χ4n) is 0.935. The number of aldehydes is 1. The number of carbonyl (C=O) groups excluding carboxylic acids is 2. The molecule has 1 aromatic carbocycles. The zero-order valence-corrected chi connectivity index (χ0v) is 8.32. The molecule has 0 amide bonds. The van der Waals surface area contributed by atoms with E-state index in [4.69, 9.17) is 0 Å². The summed E-state index contributed by atoms with van der Waals surface area (Å²) in [7, 11) is 0. The zero-order valence-electron chi connectivity index (χ0n) is 8.32. The zero-order chi connectivity index (χ0) is 11.1. The topological polar surface area (TPSA) is 43.4 Å². The Morgan fingerprint density at radius 3 is 2.60 bits per heavy atom. The summed E-state index contributed by atoms with van der Waals surface area (Å²) in [4.78, 5) is 21.2. The fraction of sp³-hybridized carbons (Fsp3) is 0.167. The maximum absolute atomic E-state index is 10.9. The molecule has 0 aliphatic carbocycles. The van der Waals surface area contributed by atoms with Gasteiger partial charge in [-0.15, -0.1) is 0 Å². The van der Waals surface area contributed by atoms with Gasteiger partial charge in [-0.2, -0.15) is 0 Å². The predicted molar refractivity (Wildman–Crippen MR) is 55.3 cm³/mol. The molecule has 1 aromatic rings. The first-order chi connectivity index (χ1) is 7.26. The number of ether oxygens (including phenoxy) is 1. The van der Waals surface area contributed by atoms with Crippen molar-refractivity contribution in [2.24, 2.45) is 0 Å². The second kappa shape index (κ2) is 5.61. The van der Waals surface area contributed by atoms with Gasteiger partial charge in [-0.05, 0) is 19.1 Å². The average molecular weight is 202 g/mol. The van der Waals surface area contributed by atoms with Gasteiger partial charge in [0.1, 0.15) is 6.29 Å². The van der Waals surface area contributed by atoms with Crippen LogP contribution in [0.15, 0.2) is 24.3 Å². The highest BCUT2D eigenvalue weighted by atomic mass is 16.5. The quantitative estimate of drug-likeness (QED) is 0.414. The number of hydrogen-bond donors (Lipinski definition) is 0. The van der Waals surface area contributed by atoms with Crippen molar-refractivity contribution >= 4 is 12.3 Å². The standard InChI is InChI=1S/C12H10O3/c1-2-15-12(14)8-7-10-3-5-11(9-13)6-4-10/h3-6,9H,2H2,1H3. The lowest BCUT2D eigenvalue weighted by Gasteiger charge is -1.92. The number of esters is 1. The van der Waals surface area contributed by atoms with E-state index in [2.05, 4.69) is 16.6 Å². The van der Waals surface area contributed by atoms with Crippen molar-refractivity contribution in [2.45, 2.75) is 6.92 Å². The molecule has 0 spiro atoms. The van der Waals surface area contributed by atoms with Gasteiger partial charge in [-0.3, -0.25) is 4.79 Å². The Kier molecular flexibility index (Phi) is 4.11. The molecular formula is C12H10O3. The van der Waals surface area contributed by atoms with Gasteiger partial charge in [0, 0.05) is 17.0 Å². The number of benzene rings is 1. The molecule has 0 heterocycles. The molecule has 0 unspecified atom stereocenters. The lowest BCUT2D eigenvalue weighted by atomic mass is 10.1. The highest BCUT2D eigenvalue weighted by Gasteiger charge is 1.93. The van der Waals surface area contributed by atoms with E-state index in [9.17, 15) is 9.59 Å². The Bertz CT molecular complexity index is 407. The van der Waals surface area contributed by atoms with Gasteiger partial charge >= 0.3 is 5.97 Å². The van der Waals surface area contributed by atoms with Crippen LogP contribution in [0, 0.1) is 11.8 Å². The van der Waals surface area contributed by atoms with E-state index >= 15 is 0 Å². The van der Waals surface area contributed by atoms with E-state index < -0.39 is 5.97 Å². The Labute approximate surface area is 88.1 Å². The molecule has 3 nitrogen and oxygen atoms in total. The lowest BCUT2D eigenvalue weighted by molar-refractivity contribution is -0.136. The molecular weight excluding hydrogens is 192 g/mol. The first-order valence-electron chi connectivity index (χ1n) is 4.50. The molecule has 3 heteroatoms. The summed E-state index contributed by atoms with van der Waals surface area (Å²) in [5, 5.41) is 0. The van der Waals surface area contributed by atoms with E-state index in [-0.39, 0.29) is 0 Å². The van der Waals surface area contributed by atoms with E-state index in [0.29, 0.717) is 17.7 Å². The molecule has 0 aliphatic rings. The summed E-state index contributed by atoms with van der Waals surface area (Å²) >= 11 is 0. The summed E-state index contributed by atoms with van der Waals surface area (Å²) in [6.45, 7) is 2.04. The van der Waals surface area contributed by atoms with Crippen LogP contribution in [0.3, 0.4) is 0 Å². The normalized spacial score (nSPS) is 8.60. The van der Waals surface area contributed by atoms with Crippen molar-refractivity contribution in [1.82, 2.24) is 0 Å². The third-order valence-corrected chi connectivity index (χ3v) is 1.63. The minimum absolute atomic E-state index is 0.317. The van der Waals surface area contributed by atoms with Crippen LogP contribution in [0.2, 0.25) is 0 Å². The molecule has 0 atom stereocenters. The molecule has 0 fully saturated rings.